The quantitative estimate of drug-likeness (QED) is 0.588. The zero-order valence-corrected chi connectivity index (χ0v) is 19.8. The van der Waals surface area contributed by atoms with Crippen molar-refractivity contribution < 1.29 is 14.0 Å². The molecule has 2 aromatic carbocycles. The highest BCUT2D eigenvalue weighted by molar-refractivity contribution is 5.89. The van der Waals surface area contributed by atoms with Crippen LogP contribution < -0.4 is 20.9 Å². The highest BCUT2D eigenvalue weighted by Gasteiger charge is 2.22. The van der Waals surface area contributed by atoms with Crippen LogP contribution in [0.3, 0.4) is 0 Å². The molecule has 0 spiro atoms. The smallest absolute Gasteiger partial charge is 0.319 e. The summed E-state index contributed by atoms with van der Waals surface area (Å²) in [6.45, 7) is 8.74. The maximum atomic E-state index is 13.4. The van der Waals surface area contributed by atoms with Crippen molar-refractivity contribution in [2.24, 2.45) is 0 Å². The minimum Gasteiger partial charge on any atom is -0.377 e. The molecule has 0 saturated heterocycles. The van der Waals surface area contributed by atoms with Gasteiger partial charge in [0.2, 0.25) is 0 Å². The Labute approximate surface area is 190 Å². The lowest BCUT2D eigenvalue weighted by atomic mass is 10.1. The van der Waals surface area contributed by atoms with E-state index >= 15 is 0 Å². The second kappa shape index (κ2) is 10.8. The van der Waals surface area contributed by atoms with Gasteiger partial charge in [-0.15, -0.1) is 0 Å². The van der Waals surface area contributed by atoms with E-state index in [1.54, 1.807) is 17.0 Å². The van der Waals surface area contributed by atoms with Crippen molar-refractivity contribution in [2.75, 3.05) is 30.9 Å². The minimum absolute atomic E-state index is 0.228. The number of amides is 4. The van der Waals surface area contributed by atoms with E-state index in [0.29, 0.717) is 25.3 Å². The van der Waals surface area contributed by atoms with Gasteiger partial charge in [0, 0.05) is 50.6 Å². The molecule has 0 heterocycles. The molecule has 174 valence electrons. The lowest BCUT2D eigenvalue weighted by Gasteiger charge is -2.30. The Morgan fingerprint density at radius 1 is 1.00 bits per heavy atom. The van der Waals surface area contributed by atoms with Crippen molar-refractivity contribution in [1.29, 1.82) is 0 Å². The SMILES string of the molecule is CCNC(=O)Nc1ccc(N(C)C)c(CN(Cc2ccc(F)cc2)C(=O)NC(C)(C)C)c1. The van der Waals surface area contributed by atoms with Gasteiger partial charge < -0.3 is 25.8 Å². The van der Waals surface area contributed by atoms with Crippen LogP contribution in [0, 0.1) is 5.82 Å². The first-order chi connectivity index (χ1) is 15.0. The molecule has 3 N–H and O–H groups in total. The second-order valence-electron chi connectivity index (χ2n) is 8.89. The van der Waals surface area contributed by atoms with Crippen LogP contribution in [0.2, 0.25) is 0 Å². The molecule has 0 radical (unpaired) electrons. The van der Waals surface area contributed by atoms with Crippen molar-refractivity contribution in [1.82, 2.24) is 15.5 Å². The standard InChI is InChI=1S/C24H34FN5O2/c1-7-26-22(31)27-20-12-13-21(29(5)6)18(14-20)16-30(23(32)28-24(2,3)4)15-17-8-10-19(25)11-9-17/h8-14H,7,15-16H2,1-6H3,(H,28,32)(H2,26,27,31). The topological polar surface area (TPSA) is 76.7 Å². The molecule has 0 aliphatic carbocycles. The normalized spacial score (nSPS) is 11.0. The van der Waals surface area contributed by atoms with E-state index in [9.17, 15) is 14.0 Å². The van der Waals surface area contributed by atoms with Crippen molar-refractivity contribution in [2.45, 2.75) is 46.3 Å². The zero-order chi connectivity index (χ0) is 23.9. The zero-order valence-electron chi connectivity index (χ0n) is 19.8. The summed E-state index contributed by atoms with van der Waals surface area (Å²) in [5.74, 6) is -0.321. The number of rotatable bonds is 7. The monoisotopic (exact) mass is 443 g/mol. The number of urea groups is 2. The number of nitrogens with one attached hydrogen (secondary N) is 3. The molecule has 0 fully saturated rings. The molecule has 0 atom stereocenters. The summed E-state index contributed by atoms with van der Waals surface area (Å²) >= 11 is 0. The van der Waals surface area contributed by atoms with Crippen LogP contribution in [0.15, 0.2) is 42.5 Å². The Bertz CT molecular complexity index is 923. The first kappa shape index (κ1) is 25.0. The van der Waals surface area contributed by atoms with Gasteiger partial charge in [0.1, 0.15) is 5.82 Å². The van der Waals surface area contributed by atoms with Crippen molar-refractivity contribution in [3.05, 3.63) is 59.4 Å². The summed E-state index contributed by atoms with van der Waals surface area (Å²) < 4.78 is 13.4. The third kappa shape index (κ3) is 7.76. The number of hydrogen-bond donors (Lipinski definition) is 3. The average molecular weight is 444 g/mol. The Balaban J connectivity index is 2.37. The fourth-order valence-corrected chi connectivity index (χ4v) is 3.18. The van der Waals surface area contributed by atoms with Crippen LogP contribution in [-0.4, -0.2) is 43.1 Å². The van der Waals surface area contributed by atoms with E-state index in [1.807, 2.05) is 64.9 Å². The molecule has 32 heavy (non-hydrogen) atoms. The summed E-state index contributed by atoms with van der Waals surface area (Å²) in [4.78, 5) is 28.7. The molecule has 0 aliphatic heterocycles. The van der Waals surface area contributed by atoms with Gasteiger partial charge in [-0.25, -0.2) is 14.0 Å². The van der Waals surface area contributed by atoms with Crippen LogP contribution in [0.1, 0.15) is 38.8 Å². The van der Waals surface area contributed by atoms with Gasteiger partial charge in [0.25, 0.3) is 0 Å². The van der Waals surface area contributed by atoms with Gasteiger partial charge in [-0.05, 0) is 69.2 Å². The second-order valence-corrected chi connectivity index (χ2v) is 8.89. The first-order valence-electron chi connectivity index (χ1n) is 10.6. The predicted octanol–water partition coefficient (Wildman–Crippen LogP) is 4.54. The van der Waals surface area contributed by atoms with Gasteiger partial charge >= 0.3 is 12.1 Å². The number of carbonyl (C=O) groups is 2. The summed E-state index contributed by atoms with van der Waals surface area (Å²) in [6.07, 6.45) is 0. The average Bonchev–Trinajstić information content (AvgIpc) is 2.68. The Morgan fingerprint density at radius 3 is 2.22 bits per heavy atom. The molecule has 8 heteroatoms. The Morgan fingerprint density at radius 2 is 1.66 bits per heavy atom. The van der Waals surface area contributed by atoms with Crippen LogP contribution in [-0.2, 0) is 13.1 Å². The first-order valence-corrected chi connectivity index (χ1v) is 10.6. The fraction of sp³-hybridized carbons (Fsp3) is 0.417. The van der Waals surface area contributed by atoms with Gasteiger partial charge in [0.05, 0.1) is 0 Å². The maximum Gasteiger partial charge on any atom is 0.319 e. The van der Waals surface area contributed by atoms with E-state index in [-0.39, 0.29) is 17.9 Å². The largest absolute Gasteiger partial charge is 0.377 e. The molecule has 0 unspecified atom stereocenters. The highest BCUT2D eigenvalue weighted by Crippen LogP contribution is 2.25. The molecule has 4 amide bonds. The minimum atomic E-state index is -0.413. The van der Waals surface area contributed by atoms with Crippen LogP contribution in [0.4, 0.5) is 25.4 Å². The Hall–Kier alpha value is -3.29. The number of halogens is 1. The van der Waals surface area contributed by atoms with Gasteiger partial charge in [-0.2, -0.15) is 0 Å². The number of nitrogens with zero attached hydrogens (tertiary/aromatic N) is 2. The molecule has 0 aromatic heterocycles. The van der Waals surface area contributed by atoms with E-state index in [4.69, 9.17) is 0 Å². The van der Waals surface area contributed by atoms with Crippen LogP contribution in [0.5, 0.6) is 0 Å². The van der Waals surface area contributed by atoms with Gasteiger partial charge in [0.15, 0.2) is 0 Å². The van der Waals surface area contributed by atoms with Crippen molar-refractivity contribution in [3.8, 4) is 0 Å². The van der Waals surface area contributed by atoms with Crippen LogP contribution >= 0.6 is 0 Å². The molecule has 7 nitrogen and oxygen atoms in total. The third-order valence-electron chi connectivity index (χ3n) is 4.57. The van der Waals surface area contributed by atoms with E-state index < -0.39 is 5.54 Å². The van der Waals surface area contributed by atoms with E-state index in [2.05, 4.69) is 16.0 Å². The highest BCUT2D eigenvalue weighted by atomic mass is 19.1. The number of benzene rings is 2. The van der Waals surface area contributed by atoms with Crippen LogP contribution in [0.25, 0.3) is 0 Å². The van der Waals surface area contributed by atoms with Crippen molar-refractivity contribution >= 4 is 23.4 Å². The van der Waals surface area contributed by atoms with E-state index in [1.165, 1.54) is 12.1 Å². The molecular formula is C24H34FN5O2. The third-order valence-corrected chi connectivity index (χ3v) is 4.57. The molecule has 0 saturated carbocycles. The van der Waals surface area contributed by atoms with E-state index in [0.717, 1.165) is 16.8 Å². The maximum absolute atomic E-state index is 13.4. The lowest BCUT2D eigenvalue weighted by Crippen LogP contribution is -2.48. The Kier molecular flexibility index (Phi) is 8.46. The summed E-state index contributed by atoms with van der Waals surface area (Å²) in [6, 6.07) is 11.2. The summed E-state index contributed by atoms with van der Waals surface area (Å²) in [7, 11) is 3.85. The van der Waals surface area contributed by atoms with Gasteiger partial charge in [-0.1, -0.05) is 12.1 Å². The fourth-order valence-electron chi connectivity index (χ4n) is 3.18. The molecule has 0 bridgehead atoms. The van der Waals surface area contributed by atoms with Crippen molar-refractivity contribution in [3.63, 3.8) is 0 Å². The summed E-state index contributed by atoms with van der Waals surface area (Å²) in [5, 5.41) is 8.53. The molecule has 2 rings (SSSR count). The number of hydrogen-bond acceptors (Lipinski definition) is 3. The molecular weight excluding hydrogens is 409 g/mol. The predicted molar refractivity (Wildman–Crippen MR) is 127 cm³/mol. The number of anilines is 2. The lowest BCUT2D eigenvalue weighted by molar-refractivity contribution is 0.183. The molecule has 2 aromatic rings. The number of carbonyl (C=O) groups excluding carboxylic acids is 2. The summed E-state index contributed by atoms with van der Waals surface area (Å²) in [5.41, 5.74) is 2.84. The molecule has 0 aliphatic rings. The van der Waals surface area contributed by atoms with Gasteiger partial charge in [-0.3, -0.25) is 0 Å².